The van der Waals surface area contributed by atoms with Crippen LogP contribution in [0.25, 0.3) is 11.5 Å². The molecule has 0 bridgehead atoms. The Morgan fingerprint density at radius 1 is 0.968 bits per heavy atom. The van der Waals surface area contributed by atoms with Crippen molar-refractivity contribution in [3.05, 3.63) is 70.1 Å². The van der Waals surface area contributed by atoms with Crippen LogP contribution in [0.5, 0.6) is 0 Å². The molecule has 0 spiro atoms. The highest BCUT2D eigenvalue weighted by molar-refractivity contribution is 5.76. The Morgan fingerprint density at radius 2 is 1.61 bits per heavy atom. The highest BCUT2D eigenvalue weighted by Gasteiger charge is 2.16. The number of rotatable bonds is 7. The maximum Gasteiger partial charge on any atom is 0.247 e. The summed E-state index contributed by atoms with van der Waals surface area (Å²) in [5, 5.41) is 11.2. The van der Waals surface area contributed by atoms with Crippen molar-refractivity contribution in [2.75, 3.05) is 6.54 Å². The van der Waals surface area contributed by atoms with Gasteiger partial charge in [-0.1, -0.05) is 50.6 Å². The molecule has 0 atom stereocenters. The normalized spacial score (nSPS) is 11.5. The van der Waals surface area contributed by atoms with Crippen LogP contribution in [0, 0.1) is 20.8 Å². The Morgan fingerprint density at radius 3 is 2.23 bits per heavy atom. The second kappa shape index (κ2) is 9.46. The van der Waals surface area contributed by atoms with Crippen molar-refractivity contribution >= 4 is 5.91 Å². The molecule has 0 radical (unpaired) electrons. The van der Waals surface area contributed by atoms with Gasteiger partial charge in [-0.2, -0.15) is 0 Å². The minimum atomic E-state index is -0.00305. The fourth-order valence-electron chi connectivity index (χ4n) is 3.62. The van der Waals surface area contributed by atoms with Crippen LogP contribution in [-0.2, 0) is 23.1 Å². The molecular weight excluding hydrogens is 386 g/mol. The van der Waals surface area contributed by atoms with E-state index >= 15 is 0 Å². The molecular formula is C26H33N3O2. The molecule has 3 aromatic rings. The van der Waals surface area contributed by atoms with Crippen molar-refractivity contribution in [1.82, 2.24) is 15.5 Å². The van der Waals surface area contributed by atoms with Gasteiger partial charge < -0.3 is 9.73 Å². The molecule has 1 N–H and O–H groups in total. The lowest BCUT2D eigenvalue weighted by molar-refractivity contribution is -0.121. The maximum absolute atomic E-state index is 12.3. The summed E-state index contributed by atoms with van der Waals surface area (Å²) in [4.78, 5) is 12.3. The largest absolute Gasteiger partial charge is 0.421 e. The number of carbonyl (C=O) groups excluding carboxylic acids is 1. The number of nitrogens with zero attached hydrogens (tertiary/aromatic N) is 2. The van der Waals surface area contributed by atoms with E-state index in [2.05, 4.69) is 62.3 Å². The summed E-state index contributed by atoms with van der Waals surface area (Å²) in [6, 6.07) is 12.5. The summed E-state index contributed by atoms with van der Waals surface area (Å²) < 4.78 is 5.70. The fraction of sp³-hybridized carbons (Fsp3) is 0.423. The van der Waals surface area contributed by atoms with Crippen molar-refractivity contribution < 1.29 is 9.21 Å². The van der Waals surface area contributed by atoms with Gasteiger partial charge in [0.2, 0.25) is 17.7 Å². The summed E-state index contributed by atoms with van der Waals surface area (Å²) in [7, 11) is 0. The van der Waals surface area contributed by atoms with Crippen LogP contribution in [0.4, 0.5) is 0 Å². The molecule has 5 nitrogen and oxygen atoms in total. The molecule has 2 aromatic carbocycles. The van der Waals surface area contributed by atoms with Crippen molar-refractivity contribution in [2.24, 2.45) is 0 Å². The van der Waals surface area contributed by atoms with Gasteiger partial charge in [0.25, 0.3) is 0 Å². The molecule has 0 aliphatic rings. The monoisotopic (exact) mass is 419 g/mol. The number of carbonyl (C=O) groups is 1. The van der Waals surface area contributed by atoms with Gasteiger partial charge in [0.05, 0.1) is 0 Å². The Balaban J connectivity index is 1.49. The summed E-state index contributed by atoms with van der Waals surface area (Å²) in [6.45, 7) is 13.6. The minimum Gasteiger partial charge on any atom is -0.421 e. The molecule has 31 heavy (non-hydrogen) atoms. The zero-order valence-corrected chi connectivity index (χ0v) is 19.5. The zero-order chi connectivity index (χ0) is 22.6. The van der Waals surface area contributed by atoms with Gasteiger partial charge in [0.1, 0.15) is 0 Å². The number of hydrogen-bond acceptors (Lipinski definition) is 4. The molecule has 1 heterocycles. The molecule has 1 amide bonds. The third-order valence-electron chi connectivity index (χ3n) is 5.59. The lowest BCUT2D eigenvalue weighted by atomic mass is 9.83. The van der Waals surface area contributed by atoms with E-state index in [-0.39, 0.29) is 11.3 Å². The molecule has 0 saturated heterocycles. The average Bonchev–Trinajstić information content (AvgIpc) is 3.17. The van der Waals surface area contributed by atoms with E-state index in [1.54, 1.807) is 0 Å². The molecule has 164 valence electrons. The van der Waals surface area contributed by atoms with E-state index in [9.17, 15) is 4.79 Å². The van der Waals surface area contributed by atoms with Crippen molar-refractivity contribution in [3.8, 4) is 11.5 Å². The summed E-state index contributed by atoms with van der Waals surface area (Å²) in [5.41, 5.74) is 7.43. The number of hydrogen-bond donors (Lipinski definition) is 1. The van der Waals surface area contributed by atoms with Crippen LogP contribution in [0.15, 0.2) is 40.8 Å². The van der Waals surface area contributed by atoms with Gasteiger partial charge in [-0.25, -0.2) is 0 Å². The molecule has 0 unspecified atom stereocenters. The van der Waals surface area contributed by atoms with Crippen LogP contribution in [0.1, 0.15) is 60.9 Å². The number of aromatic nitrogens is 2. The van der Waals surface area contributed by atoms with E-state index in [0.717, 1.165) is 12.0 Å². The predicted octanol–water partition coefficient (Wildman–Crippen LogP) is 5.25. The fourth-order valence-corrected chi connectivity index (χ4v) is 3.62. The first-order valence-corrected chi connectivity index (χ1v) is 10.9. The molecule has 0 aliphatic carbocycles. The zero-order valence-electron chi connectivity index (χ0n) is 19.5. The number of aryl methyl sites for hydroxylation is 4. The number of nitrogens with one attached hydrogen (secondary N) is 1. The second-order valence-electron chi connectivity index (χ2n) is 9.31. The first-order valence-electron chi connectivity index (χ1n) is 10.9. The second-order valence-corrected chi connectivity index (χ2v) is 9.31. The smallest absolute Gasteiger partial charge is 0.247 e. The van der Waals surface area contributed by atoms with Gasteiger partial charge in [0.15, 0.2) is 0 Å². The number of amides is 1. The van der Waals surface area contributed by atoms with Crippen LogP contribution in [-0.4, -0.2) is 22.6 Å². The SMILES string of the molecule is Cc1ccc(-c2nnc(CCC(=O)NCCc3c(C)cc(C(C)(C)C)cc3C)o2)cc1. The Labute approximate surface area is 185 Å². The topological polar surface area (TPSA) is 68.0 Å². The standard InChI is InChI=1S/C26H33N3O2/c1-17-7-9-20(10-8-17)25-29-28-24(31-25)12-11-23(30)27-14-13-22-18(2)15-21(16-19(22)3)26(4,5)6/h7-10,15-16H,11-14H2,1-6H3,(H,27,30). The molecule has 5 heteroatoms. The van der Waals surface area contributed by atoms with Crippen LogP contribution < -0.4 is 5.32 Å². The van der Waals surface area contributed by atoms with Crippen molar-refractivity contribution in [1.29, 1.82) is 0 Å². The van der Waals surface area contributed by atoms with Gasteiger partial charge >= 0.3 is 0 Å². The summed E-state index contributed by atoms with van der Waals surface area (Å²) >= 11 is 0. The minimum absolute atomic E-state index is 0.00305. The van der Waals surface area contributed by atoms with Crippen LogP contribution in [0.3, 0.4) is 0 Å². The van der Waals surface area contributed by atoms with E-state index < -0.39 is 0 Å². The summed E-state index contributed by atoms with van der Waals surface area (Å²) in [6.07, 6.45) is 1.59. The van der Waals surface area contributed by atoms with Gasteiger partial charge in [-0.05, 0) is 67.0 Å². The first-order chi connectivity index (χ1) is 14.6. The quantitative estimate of drug-likeness (QED) is 0.568. The number of benzene rings is 2. The first kappa shape index (κ1) is 22.7. The van der Waals surface area contributed by atoms with Gasteiger partial charge in [0, 0.05) is 24.9 Å². The third-order valence-corrected chi connectivity index (χ3v) is 5.59. The lowest BCUT2D eigenvalue weighted by Crippen LogP contribution is -2.26. The van der Waals surface area contributed by atoms with Gasteiger partial charge in [-0.3, -0.25) is 4.79 Å². The van der Waals surface area contributed by atoms with E-state index in [4.69, 9.17) is 4.42 Å². The molecule has 0 saturated carbocycles. The van der Waals surface area contributed by atoms with Gasteiger partial charge in [-0.15, -0.1) is 10.2 Å². The van der Waals surface area contributed by atoms with Crippen LogP contribution >= 0.6 is 0 Å². The molecule has 3 rings (SSSR count). The predicted molar refractivity (Wildman–Crippen MR) is 124 cm³/mol. The Bertz CT molecular complexity index is 1020. The molecule has 0 fully saturated rings. The van der Waals surface area contributed by atoms with Crippen molar-refractivity contribution in [3.63, 3.8) is 0 Å². The highest BCUT2D eigenvalue weighted by atomic mass is 16.4. The lowest BCUT2D eigenvalue weighted by Gasteiger charge is -2.22. The van der Waals surface area contributed by atoms with E-state index in [1.165, 1.54) is 27.8 Å². The molecule has 1 aromatic heterocycles. The van der Waals surface area contributed by atoms with Crippen LogP contribution in [0.2, 0.25) is 0 Å². The van der Waals surface area contributed by atoms with E-state index in [0.29, 0.717) is 31.2 Å². The molecule has 0 aliphatic heterocycles. The third kappa shape index (κ3) is 6.03. The highest BCUT2D eigenvalue weighted by Crippen LogP contribution is 2.27. The summed E-state index contributed by atoms with van der Waals surface area (Å²) in [5.74, 6) is 0.965. The van der Waals surface area contributed by atoms with Crippen molar-refractivity contribution in [2.45, 2.75) is 66.2 Å². The average molecular weight is 420 g/mol. The van der Waals surface area contributed by atoms with E-state index in [1.807, 2.05) is 31.2 Å². The Hall–Kier alpha value is -2.95. The Kier molecular flexibility index (Phi) is 6.94. The maximum atomic E-state index is 12.3.